The van der Waals surface area contributed by atoms with Crippen molar-refractivity contribution in [2.24, 2.45) is 10.9 Å². The predicted molar refractivity (Wildman–Crippen MR) is 112 cm³/mol. The molecule has 3 rings (SSSR count). The average molecular weight is 384 g/mol. The van der Waals surface area contributed by atoms with Gasteiger partial charge in [0.2, 0.25) is 0 Å². The smallest absolute Gasteiger partial charge is 0.191 e. The number of rotatable bonds is 8. The Morgan fingerprint density at radius 1 is 1.29 bits per heavy atom. The van der Waals surface area contributed by atoms with Gasteiger partial charge in [-0.25, -0.2) is 0 Å². The van der Waals surface area contributed by atoms with Gasteiger partial charge in [-0.1, -0.05) is 32.8 Å². The Kier molecular flexibility index (Phi) is 7.82. The van der Waals surface area contributed by atoms with Gasteiger partial charge in [-0.2, -0.15) is 0 Å². The molecule has 2 heterocycles. The van der Waals surface area contributed by atoms with E-state index >= 15 is 0 Å². The van der Waals surface area contributed by atoms with Gasteiger partial charge in [0, 0.05) is 50.4 Å². The molecule has 0 amide bonds. The maximum Gasteiger partial charge on any atom is 0.191 e. The van der Waals surface area contributed by atoms with Crippen LogP contribution in [-0.4, -0.2) is 44.8 Å². The fraction of sp³-hybridized carbons (Fsp3) is 0.619. The topological polar surface area (TPSA) is 80.0 Å². The van der Waals surface area contributed by atoms with Crippen LogP contribution in [0, 0.1) is 5.92 Å². The third-order valence-electron chi connectivity index (χ3n) is 5.45. The molecule has 2 aromatic heterocycles. The van der Waals surface area contributed by atoms with Crippen LogP contribution in [0.1, 0.15) is 51.0 Å². The van der Waals surface area contributed by atoms with E-state index in [2.05, 4.69) is 50.3 Å². The van der Waals surface area contributed by atoms with Crippen molar-refractivity contribution in [2.75, 3.05) is 13.1 Å². The quantitative estimate of drug-likeness (QED) is 0.541. The van der Waals surface area contributed by atoms with Crippen LogP contribution < -0.4 is 10.6 Å². The summed E-state index contributed by atoms with van der Waals surface area (Å²) in [4.78, 5) is 9.21. The van der Waals surface area contributed by atoms with Gasteiger partial charge in [0.25, 0.3) is 0 Å². The molecule has 1 fully saturated rings. The number of aromatic nitrogens is 4. The predicted octanol–water partition coefficient (Wildman–Crippen LogP) is 2.59. The highest BCUT2D eigenvalue weighted by atomic mass is 15.3. The number of aryl methyl sites for hydroxylation is 1. The highest BCUT2D eigenvalue weighted by Crippen LogP contribution is 2.23. The fourth-order valence-corrected chi connectivity index (χ4v) is 3.72. The van der Waals surface area contributed by atoms with Gasteiger partial charge >= 0.3 is 0 Å². The maximum atomic E-state index is 4.82. The molecule has 7 nitrogen and oxygen atoms in total. The molecule has 2 atom stereocenters. The average Bonchev–Trinajstić information content (AvgIpc) is 3.18. The summed E-state index contributed by atoms with van der Waals surface area (Å²) >= 11 is 0. The number of aliphatic imine (C=N–C) groups is 1. The second kappa shape index (κ2) is 10.8. The van der Waals surface area contributed by atoms with Crippen molar-refractivity contribution < 1.29 is 0 Å². The Labute approximate surface area is 168 Å². The molecule has 0 radical (unpaired) electrons. The summed E-state index contributed by atoms with van der Waals surface area (Å²) in [5, 5.41) is 15.3. The van der Waals surface area contributed by atoms with Gasteiger partial charge < -0.3 is 15.2 Å². The molecule has 0 aromatic carbocycles. The number of guanidine groups is 1. The summed E-state index contributed by atoms with van der Waals surface area (Å²) in [6, 6.07) is 6.52. The van der Waals surface area contributed by atoms with Crippen LogP contribution in [0.15, 0.2) is 35.7 Å². The zero-order valence-electron chi connectivity index (χ0n) is 17.1. The van der Waals surface area contributed by atoms with Crippen LogP contribution in [-0.2, 0) is 19.4 Å². The maximum absolute atomic E-state index is 4.82. The minimum absolute atomic E-state index is 0.496. The molecular formula is C21H33N7. The normalized spacial score (nSPS) is 20.1. The van der Waals surface area contributed by atoms with Gasteiger partial charge in [-0.15, -0.1) is 10.2 Å². The SMILES string of the molecule is CCc1nncn1CCNC(=NCCc1ccccn1)NC1CCCCC1C. The van der Waals surface area contributed by atoms with Crippen molar-refractivity contribution in [3.63, 3.8) is 0 Å². The molecule has 0 spiro atoms. The first-order valence-electron chi connectivity index (χ1n) is 10.6. The molecule has 152 valence electrons. The lowest BCUT2D eigenvalue weighted by atomic mass is 9.86. The summed E-state index contributed by atoms with van der Waals surface area (Å²) < 4.78 is 2.10. The van der Waals surface area contributed by atoms with E-state index in [1.807, 2.05) is 18.3 Å². The van der Waals surface area contributed by atoms with E-state index in [-0.39, 0.29) is 0 Å². The van der Waals surface area contributed by atoms with Crippen LogP contribution in [0.2, 0.25) is 0 Å². The largest absolute Gasteiger partial charge is 0.355 e. The molecule has 1 saturated carbocycles. The highest BCUT2D eigenvalue weighted by Gasteiger charge is 2.22. The molecule has 2 aromatic rings. The van der Waals surface area contributed by atoms with Crippen molar-refractivity contribution in [1.82, 2.24) is 30.4 Å². The van der Waals surface area contributed by atoms with E-state index < -0.39 is 0 Å². The third-order valence-corrected chi connectivity index (χ3v) is 5.45. The fourth-order valence-electron chi connectivity index (χ4n) is 3.72. The molecule has 0 saturated heterocycles. The second-order valence-electron chi connectivity index (χ2n) is 7.53. The summed E-state index contributed by atoms with van der Waals surface area (Å²) in [6.45, 7) is 6.79. The summed E-state index contributed by atoms with van der Waals surface area (Å²) in [7, 11) is 0. The van der Waals surface area contributed by atoms with E-state index in [4.69, 9.17) is 4.99 Å². The molecule has 0 bridgehead atoms. The van der Waals surface area contributed by atoms with Crippen LogP contribution in [0.3, 0.4) is 0 Å². The Bertz CT molecular complexity index is 725. The standard InChI is InChI=1S/C21H33N7/c1-3-20-27-25-16-28(20)15-14-24-21(26-19-10-5-4-8-17(19)2)23-13-11-18-9-6-7-12-22-18/h6-7,9,12,16-17,19H,3-5,8,10-11,13-15H2,1-2H3,(H2,23,24,26). The Hall–Kier alpha value is -2.44. The minimum Gasteiger partial charge on any atom is -0.355 e. The van der Waals surface area contributed by atoms with Gasteiger partial charge in [0.1, 0.15) is 12.2 Å². The zero-order valence-corrected chi connectivity index (χ0v) is 17.1. The number of hydrogen-bond donors (Lipinski definition) is 2. The van der Waals surface area contributed by atoms with Crippen LogP contribution in [0.4, 0.5) is 0 Å². The molecule has 7 heteroatoms. The lowest BCUT2D eigenvalue weighted by Crippen LogP contribution is -2.48. The van der Waals surface area contributed by atoms with E-state index in [0.29, 0.717) is 12.0 Å². The van der Waals surface area contributed by atoms with Gasteiger partial charge in [-0.3, -0.25) is 9.98 Å². The number of pyridine rings is 1. The first kappa shape index (κ1) is 20.3. The number of nitrogens with zero attached hydrogens (tertiary/aromatic N) is 5. The van der Waals surface area contributed by atoms with Crippen LogP contribution >= 0.6 is 0 Å². The van der Waals surface area contributed by atoms with Crippen molar-refractivity contribution in [3.05, 3.63) is 42.2 Å². The molecule has 0 aliphatic heterocycles. The van der Waals surface area contributed by atoms with E-state index in [9.17, 15) is 0 Å². The molecule has 1 aliphatic carbocycles. The number of hydrogen-bond acceptors (Lipinski definition) is 4. The van der Waals surface area contributed by atoms with Crippen molar-refractivity contribution in [1.29, 1.82) is 0 Å². The molecule has 2 unspecified atom stereocenters. The van der Waals surface area contributed by atoms with E-state index in [1.54, 1.807) is 6.33 Å². The highest BCUT2D eigenvalue weighted by molar-refractivity contribution is 5.80. The molecular weight excluding hydrogens is 350 g/mol. The zero-order chi connectivity index (χ0) is 19.6. The third kappa shape index (κ3) is 6.04. The van der Waals surface area contributed by atoms with Crippen molar-refractivity contribution >= 4 is 5.96 Å². The second-order valence-corrected chi connectivity index (χ2v) is 7.53. The lowest BCUT2D eigenvalue weighted by molar-refractivity contribution is 0.306. The summed E-state index contributed by atoms with van der Waals surface area (Å²) in [6.07, 6.45) is 10.5. The first-order valence-corrected chi connectivity index (χ1v) is 10.6. The lowest BCUT2D eigenvalue weighted by Gasteiger charge is -2.31. The Morgan fingerprint density at radius 2 is 2.18 bits per heavy atom. The van der Waals surface area contributed by atoms with Gasteiger partial charge in [-0.05, 0) is 30.9 Å². The van der Waals surface area contributed by atoms with Crippen molar-refractivity contribution in [2.45, 2.75) is 65.0 Å². The van der Waals surface area contributed by atoms with Gasteiger partial charge in [0.15, 0.2) is 5.96 Å². The number of nitrogens with one attached hydrogen (secondary N) is 2. The Morgan fingerprint density at radius 3 is 2.96 bits per heavy atom. The van der Waals surface area contributed by atoms with Crippen LogP contribution in [0.25, 0.3) is 0 Å². The molecule has 28 heavy (non-hydrogen) atoms. The van der Waals surface area contributed by atoms with E-state index in [1.165, 1.54) is 25.7 Å². The van der Waals surface area contributed by atoms with E-state index in [0.717, 1.165) is 50.0 Å². The van der Waals surface area contributed by atoms with Crippen molar-refractivity contribution in [3.8, 4) is 0 Å². The monoisotopic (exact) mass is 383 g/mol. The van der Waals surface area contributed by atoms with Crippen LogP contribution in [0.5, 0.6) is 0 Å². The Balaban J connectivity index is 1.57. The summed E-state index contributed by atoms with van der Waals surface area (Å²) in [5.41, 5.74) is 1.08. The summed E-state index contributed by atoms with van der Waals surface area (Å²) in [5.74, 6) is 2.60. The first-order chi connectivity index (χ1) is 13.8. The molecule has 2 N–H and O–H groups in total. The van der Waals surface area contributed by atoms with Gasteiger partial charge in [0.05, 0.1) is 0 Å². The minimum atomic E-state index is 0.496. The molecule has 1 aliphatic rings.